The zero-order valence-corrected chi connectivity index (χ0v) is 12.3. The van der Waals surface area contributed by atoms with E-state index in [-0.39, 0.29) is 0 Å². The van der Waals surface area contributed by atoms with E-state index in [1.807, 2.05) is 0 Å². The van der Waals surface area contributed by atoms with Gasteiger partial charge in [-0.3, -0.25) is 0 Å². The van der Waals surface area contributed by atoms with E-state index in [0.29, 0.717) is 0 Å². The third-order valence-electron chi connectivity index (χ3n) is 5.13. The number of halogens is 2. The van der Waals surface area contributed by atoms with Gasteiger partial charge in [-0.2, -0.15) is 0 Å². The Hall–Kier alpha value is 0.960. The van der Waals surface area contributed by atoms with E-state index in [9.17, 15) is 0 Å². The van der Waals surface area contributed by atoms with E-state index in [4.69, 9.17) is 0 Å². The molecule has 0 aromatic rings. The summed E-state index contributed by atoms with van der Waals surface area (Å²) >= 11 is 7.86. The van der Waals surface area contributed by atoms with Crippen LogP contribution >= 0.6 is 31.9 Å². The van der Waals surface area contributed by atoms with Crippen LogP contribution in [-0.2, 0) is 0 Å². The first-order chi connectivity index (χ1) is 7.27. The molecule has 15 heavy (non-hydrogen) atoms. The molecule has 3 rings (SSSR count). The topological polar surface area (TPSA) is 0 Å². The highest BCUT2D eigenvalue weighted by Gasteiger charge is 2.50. The molecule has 0 amide bonds. The molecule has 0 aromatic carbocycles. The summed E-state index contributed by atoms with van der Waals surface area (Å²) in [5.74, 6) is 4.14. The molecule has 86 valence electrons. The third kappa shape index (κ3) is 1.84. The zero-order valence-electron chi connectivity index (χ0n) is 9.17. The third-order valence-corrected chi connectivity index (χ3v) is 7.32. The summed E-state index contributed by atoms with van der Waals surface area (Å²) in [4.78, 5) is 1.65. The molecule has 0 heterocycles. The van der Waals surface area contributed by atoms with Gasteiger partial charge in [0.1, 0.15) is 0 Å². The highest BCUT2D eigenvalue weighted by molar-refractivity contribution is 9.09. The molecule has 0 aliphatic heterocycles. The maximum Gasteiger partial charge on any atom is 0.0208 e. The predicted molar refractivity (Wildman–Crippen MR) is 71.7 cm³/mol. The van der Waals surface area contributed by atoms with Crippen molar-refractivity contribution in [2.24, 2.45) is 23.7 Å². The minimum absolute atomic E-state index is 0.805. The van der Waals surface area contributed by atoms with Gasteiger partial charge in [0.25, 0.3) is 0 Å². The van der Waals surface area contributed by atoms with Crippen LogP contribution in [0.2, 0.25) is 0 Å². The van der Waals surface area contributed by atoms with Crippen molar-refractivity contribution in [3.05, 3.63) is 0 Å². The maximum atomic E-state index is 4.03. The lowest BCUT2D eigenvalue weighted by atomic mass is 9.73. The Morgan fingerprint density at radius 1 is 0.667 bits per heavy atom. The van der Waals surface area contributed by atoms with Crippen LogP contribution in [0, 0.1) is 23.7 Å². The molecule has 3 aliphatic rings. The Labute approximate surface area is 110 Å². The summed E-state index contributed by atoms with van der Waals surface area (Å²) in [5.41, 5.74) is 0. The molecule has 6 atom stereocenters. The lowest BCUT2D eigenvalue weighted by molar-refractivity contribution is 0.187. The molecule has 0 nitrogen and oxygen atoms in total. The number of hydrogen-bond acceptors (Lipinski definition) is 0. The Balaban J connectivity index is 1.81. The first-order valence-corrected chi connectivity index (χ1v) is 8.38. The summed E-state index contributed by atoms with van der Waals surface area (Å²) in [6, 6.07) is 0. The molecule has 0 radical (unpaired) electrons. The van der Waals surface area contributed by atoms with Crippen molar-refractivity contribution < 1.29 is 0 Å². The van der Waals surface area contributed by atoms with Crippen LogP contribution in [0.3, 0.4) is 0 Å². The number of alkyl halides is 2. The molecule has 0 saturated heterocycles. The van der Waals surface area contributed by atoms with Gasteiger partial charge in [0.05, 0.1) is 0 Å². The molecule has 0 spiro atoms. The molecule has 3 aliphatic carbocycles. The predicted octanol–water partition coefficient (Wildman–Crippen LogP) is 4.75. The van der Waals surface area contributed by atoms with E-state index >= 15 is 0 Å². The van der Waals surface area contributed by atoms with Crippen molar-refractivity contribution in [1.29, 1.82) is 0 Å². The van der Waals surface area contributed by atoms with Gasteiger partial charge in [-0.25, -0.2) is 0 Å². The normalized spacial score (nSPS) is 54.8. The average Bonchev–Trinajstić information content (AvgIpc) is 2.54. The Morgan fingerprint density at radius 3 is 2.13 bits per heavy atom. The van der Waals surface area contributed by atoms with Crippen LogP contribution < -0.4 is 0 Å². The minimum Gasteiger partial charge on any atom is -0.0891 e. The molecule has 0 aromatic heterocycles. The van der Waals surface area contributed by atoms with Gasteiger partial charge in [-0.05, 0) is 55.8 Å². The quantitative estimate of drug-likeness (QED) is 0.560. The van der Waals surface area contributed by atoms with Crippen molar-refractivity contribution in [2.75, 3.05) is 0 Å². The Morgan fingerprint density at radius 2 is 1.33 bits per heavy atom. The van der Waals surface area contributed by atoms with Crippen molar-refractivity contribution in [3.8, 4) is 0 Å². The average molecular weight is 336 g/mol. The van der Waals surface area contributed by atoms with E-state index in [1.54, 1.807) is 0 Å². The molecule has 3 fully saturated rings. The molecular formula is C13H20Br2. The van der Waals surface area contributed by atoms with Gasteiger partial charge in [-0.1, -0.05) is 44.7 Å². The van der Waals surface area contributed by atoms with Gasteiger partial charge in [0.2, 0.25) is 0 Å². The fourth-order valence-electron chi connectivity index (χ4n) is 4.51. The van der Waals surface area contributed by atoms with Crippen LogP contribution in [-0.4, -0.2) is 9.65 Å². The van der Waals surface area contributed by atoms with Gasteiger partial charge in [0, 0.05) is 9.65 Å². The molecule has 6 unspecified atom stereocenters. The molecular weight excluding hydrogens is 316 g/mol. The van der Waals surface area contributed by atoms with E-state index < -0.39 is 0 Å². The fourth-order valence-corrected chi connectivity index (χ4v) is 6.47. The summed E-state index contributed by atoms with van der Waals surface area (Å²) in [5, 5.41) is 0. The molecule has 3 saturated carbocycles. The van der Waals surface area contributed by atoms with Crippen LogP contribution in [0.15, 0.2) is 0 Å². The number of fused-ring (bicyclic) bond motifs is 3. The lowest BCUT2D eigenvalue weighted by Crippen LogP contribution is -2.27. The van der Waals surface area contributed by atoms with Crippen molar-refractivity contribution in [1.82, 2.24) is 0 Å². The second kappa shape index (κ2) is 4.33. The van der Waals surface area contributed by atoms with Crippen molar-refractivity contribution >= 4 is 31.9 Å². The van der Waals surface area contributed by atoms with E-state index in [2.05, 4.69) is 31.9 Å². The van der Waals surface area contributed by atoms with Gasteiger partial charge < -0.3 is 0 Å². The van der Waals surface area contributed by atoms with Crippen LogP contribution in [0.1, 0.15) is 44.9 Å². The summed E-state index contributed by atoms with van der Waals surface area (Å²) in [6.45, 7) is 0. The SMILES string of the molecule is BrC1CCC2C(C1)C(Br)C1CCCCC12. The fraction of sp³-hybridized carbons (Fsp3) is 1.00. The van der Waals surface area contributed by atoms with Crippen LogP contribution in [0.5, 0.6) is 0 Å². The van der Waals surface area contributed by atoms with E-state index in [0.717, 1.165) is 33.3 Å². The standard InChI is InChI=1S/C13H20Br2/c14-8-5-6-10-9-3-1-2-4-11(9)13(15)12(10)7-8/h8-13H,1-7H2. The second-order valence-corrected chi connectivity index (χ2v) is 8.15. The molecule has 0 bridgehead atoms. The Bertz CT molecular complexity index is 241. The summed E-state index contributed by atoms with van der Waals surface area (Å²) in [6.07, 6.45) is 10.4. The van der Waals surface area contributed by atoms with Gasteiger partial charge in [0.15, 0.2) is 0 Å². The van der Waals surface area contributed by atoms with Gasteiger partial charge in [-0.15, -0.1) is 0 Å². The monoisotopic (exact) mass is 334 g/mol. The Kier molecular flexibility index (Phi) is 3.19. The van der Waals surface area contributed by atoms with Crippen molar-refractivity contribution in [2.45, 2.75) is 54.6 Å². The first kappa shape index (κ1) is 11.1. The number of hydrogen-bond donors (Lipinski definition) is 0. The van der Waals surface area contributed by atoms with Crippen LogP contribution in [0.25, 0.3) is 0 Å². The molecule has 0 N–H and O–H groups in total. The maximum absolute atomic E-state index is 4.03. The minimum atomic E-state index is 0.805. The molecule has 2 heteroatoms. The zero-order chi connectivity index (χ0) is 10.4. The second-order valence-electron chi connectivity index (χ2n) is 5.79. The lowest BCUT2D eigenvalue weighted by Gasteiger charge is -2.34. The van der Waals surface area contributed by atoms with Crippen molar-refractivity contribution in [3.63, 3.8) is 0 Å². The highest BCUT2D eigenvalue weighted by Crippen LogP contribution is 2.57. The van der Waals surface area contributed by atoms with E-state index in [1.165, 1.54) is 44.9 Å². The largest absolute Gasteiger partial charge is 0.0891 e. The number of rotatable bonds is 0. The van der Waals surface area contributed by atoms with Gasteiger partial charge >= 0.3 is 0 Å². The smallest absolute Gasteiger partial charge is 0.0208 e. The first-order valence-electron chi connectivity index (χ1n) is 6.55. The summed E-state index contributed by atoms with van der Waals surface area (Å²) < 4.78 is 0. The summed E-state index contributed by atoms with van der Waals surface area (Å²) in [7, 11) is 0. The van der Waals surface area contributed by atoms with Crippen LogP contribution in [0.4, 0.5) is 0 Å². The highest BCUT2D eigenvalue weighted by atomic mass is 79.9.